The fourth-order valence-electron chi connectivity index (χ4n) is 1.81. The predicted octanol–water partition coefficient (Wildman–Crippen LogP) is 1.88. The van der Waals surface area contributed by atoms with Gasteiger partial charge in [-0.3, -0.25) is 0 Å². The lowest BCUT2D eigenvalue weighted by Gasteiger charge is -2.21. The molecule has 0 aromatic carbocycles. The minimum atomic E-state index is 0.538. The van der Waals surface area contributed by atoms with Crippen LogP contribution in [0.5, 0.6) is 0 Å². The van der Waals surface area contributed by atoms with Crippen molar-refractivity contribution < 1.29 is 4.74 Å². The van der Waals surface area contributed by atoms with E-state index in [0.717, 1.165) is 12.8 Å². The van der Waals surface area contributed by atoms with Crippen molar-refractivity contribution in [3.05, 3.63) is 12.2 Å². The van der Waals surface area contributed by atoms with Crippen molar-refractivity contribution in [2.24, 2.45) is 0 Å². The molecule has 2 bridgehead atoms. The van der Waals surface area contributed by atoms with Gasteiger partial charge in [0.25, 0.3) is 0 Å². The first kappa shape index (κ1) is 5.48. The molecule has 0 aromatic rings. The molecule has 0 radical (unpaired) electrons. The Balaban J connectivity index is 2.11. The second-order valence-corrected chi connectivity index (χ2v) is 3.12. The van der Waals surface area contributed by atoms with Gasteiger partial charge in [-0.25, -0.2) is 0 Å². The van der Waals surface area contributed by atoms with Crippen molar-refractivity contribution in [1.82, 2.24) is 0 Å². The van der Waals surface area contributed by atoms with E-state index in [9.17, 15) is 0 Å². The molecular formula is C8H12O. The highest BCUT2D eigenvalue weighted by atomic mass is 16.5. The molecule has 2 aliphatic rings. The third kappa shape index (κ3) is 0.897. The molecular weight excluding hydrogens is 112 g/mol. The molecule has 0 saturated carbocycles. The Labute approximate surface area is 55.7 Å². The number of rotatable bonds is 0. The van der Waals surface area contributed by atoms with Gasteiger partial charge in [-0.15, -0.1) is 0 Å². The standard InChI is InChI=1S/C8H12O/c1-6-4-7-2-3-8(5-6)9-7/h7-8H,1-5H2. The Kier molecular flexibility index (Phi) is 1.12. The maximum atomic E-state index is 5.61. The molecule has 1 nitrogen and oxygen atoms in total. The second kappa shape index (κ2) is 1.84. The van der Waals surface area contributed by atoms with Gasteiger partial charge in [0.05, 0.1) is 12.2 Å². The van der Waals surface area contributed by atoms with Crippen molar-refractivity contribution in [1.29, 1.82) is 0 Å². The van der Waals surface area contributed by atoms with Crippen LogP contribution in [-0.4, -0.2) is 12.2 Å². The normalized spacial score (nSPS) is 41.6. The highest BCUT2D eigenvalue weighted by Crippen LogP contribution is 2.34. The minimum absolute atomic E-state index is 0.538. The van der Waals surface area contributed by atoms with Gasteiger partial charge in [0, 0.05) is 0 Å². The van der Waals surface area contributed by atoms with E-state index in [1.807, 2.05) is 0 Å². The second-order valence-electron chi connectivity index (χ2n) is 3.12. The molecule has 50 valence electrons. The average Bonchev–Trinajstić information content (AvgIpc) is 2.11. The average molecular weight is 124 g/mol. The van der Waals surface area contributed by atoms with Gasteiger partial charge >= 0.3 is 0 Å². The Morgan fingerprint density at radius 3 is 2.33 bits per heavy atom. The van der Waals surface area contributed by atoms with Crippen molar-refractivity contribution in [3.63, 3.8) is 0 Å². The number of hydrogen-bond acceptors (Lipinski definition) is 1. The fourth-order valence-corrected chi connectivity index (χ4v) is 1.81. The van der Waals surface area contributed by atoms with Crippen LogP contribution in [0.4, 0.5) is 0 Å². The zero-order chi connectivity index (χ0) is 6.27. The fraction of sp³-hybridized carbons (Fsp3) is 0.750. The number of ether oxygens (including phenoxy) is 1. The molecule has 0 aromatic heterocycles. The SMILES string of the molecule is C=C1CC2CCC(C1)O2. The summed E-state index contributed by atoms with van der Waals surface area (Å²) < 4.78 is 5.61. The van der Waals surface area contributed by atoms with E-state index in [0.29, 0.717) is 12.2 Å². The summed E-state index contributed by atoms with van der Waals surface area (Å²) in [6.07, 6.45) is 5.85. The van der Waals surface area contributed by atoms with Gasteiger partial charge in [0.1, 0.15) is 0 Å². The van der Waals surface area contributed by atoms with Crippen LogP contribution in [0.2, 0.25) is 0 Å². The lowest BCUT2D eigenvalue weighted by molar-refractivity contribution is 0.0260. The zero-order valence-corrected chi connectivity index (χ0v) is 5.60. The first-order valence-electron chi connectivity index (χ1n) is 3.67. The van der Waals surface area contributed by atoms with Crippen molar-refractivity contribution in [3.8, 4) is 0 Å². The molecule has 2 saturated heterocycles. The summed E-state index contributed by atoms with van der Waals surface area (Å²) in [4.78, 5) is 0. The van der Waals surface area contributed by atoms with Crippen LogP contribution in [0.25, 0.3) is 0 Å². The van der Waals surface area contributed by atoms with Crippen LogP contribution in [0.1, 0.15) is 25.7 Å². The molecule has 1 heteroatoms. The third-order valence-corrected chi connectivity index (χ3v) is 2.23. The summed E-state index contributed by atoms with van der Waals surface area (Å²) in [5.74, 6) is 0. The Morgan fingerprint density at radius 2 is 1.78 bits per heavy atom. The largest absolute Gasteiger partial charge is 0.374 e. The molecule has 2 heterocycles. The van der Waals surface area contributed by atoms with Gasteiger partial charge in [-0.1, -0.05) is 12.2 Å². The Hall–Kier alpha value is -0.300. The lowest BCUT2D eigenvalue weighted by Crippen LogP contribution is -2.18. The van der Waals surface area contributed by atoms with Crippen LogP contribution < -0.4 is 0 Å². The summed E-state index contributed by atoms with van der Waals surface area (Å²) in [7, 11) is 0. The van der Waals surface area contributed by atoms with Gasteiger partial charge in [-0.05, 0) is 25.7 Å². The molecule has 0 N–H and O–H groups in total. The van der Waals surface area contributed by atoms with Crippen LogP contribution in [0, 0.1) is 0 Å². The summed E-state index contributed by atoms with van der Waals surface area (Å²) >= 11 is 0. The third-order valence-electron chi connectivity index (χ3n) is 2.23. The van der Waals surface area contributed by atoms with E-state index in [2.05, 4.69) is 6.58 Å². The molecule has 2 rings (SSSR count). The number of hydrogen-bond donors (Lipinski definition) is 0. The maximum absolute atomic E-state index is 5.61. The zero-order valence-electron chi connectivity index (χ0n) is 5.60. The molecule has 2 aliphatic heterocycles. The molecule has 9 heavy (non-hydrogen) atoms. The van der Waals surface area contributed by atoms with Gasteiger partial charge in [0.15, 0.2) is 0 Å². The van der Waals surface area contributed by atoms with E-state index in [4.69, 9.17) is 4.74 Å². The van der Waals surface area contributed by atoms with E-state index in [-0.39, 0.29) is 0 Å². The minimum Gasteiger partial charge on any atom is -0.374 e. The van der Waals surface area contributed by atoms with E-state index >= 15 is 0 Å². The van der Waals surface area contributed by atoms with Crippen LogP contribution in [0.3, 0.4) is 0 Å². The summed E-state index contributed by atoms with van der Waals surface area (Å²) in [6, 6.07) is 0. The highest BCUT2D eigenvalue weighted by molar-refractivity contribution is 5.04. The first-order chi connectivity index (χ1) is 4.34. The van der Waals surface area contributed by atoms with Gasteiger partial charge in [-0.2, -0.15) is 0 Å². The molecule has 2 fully saturated rings. The monoisotopic (exact) mass is 124 g/mol. The molecule has 0 spiro atoms. The van der Waals surface area contributed by atoms with Crippen LogP contribution in [0.15, 0.2) is 12.2 Å². The topological polar surface area (TPSA) is 9.23 Å². The van der Waals surface area contributed by atoms with E-state index in [1.165, 1.54) is 18.4 Å². The van der Waals surface area contributed by atoms with Gasteiger partial charge in [0.2, 0.25) is 0 Å². The van der Waals surface area contributed by atoms with Crippen LogP contribution in [-0.2, 0) is 4.74 Å². The summed E-state index contributed by atoms with van der Waals surface area (Å²) in [5.41, 5.74) is 1.40. The summed E-state index contributed by atoms with van der Waals surface area (Å²) in [6.45, 7) is 3.97. The molecule has 2 unspecified atom stereocenters. The predicted molar refractivity (Wildman–Crippen MR) is 36.3 cm³/mol. The Morgan fingerprint density at radius 1 is 1.22 bits per heavy atom. The quantitative estimate of drug-likeness (QED) is 0.448. The van der Waals surface area contributed by atoms with Crippen molar-refractivity contribution in [2.45, 2.75) is 37.9 Å². The van der Waals surface area contributed by atoms with Gasteiger partial charge < -0.3 is 4.74 Å². The van der Waals surface area contributed by atoms with Crippen molar-refractivity contribution >= 4 is 0 Å². The lowest BCUT2D eigenvalue weighted by atomic mass is 10.1. The number of fused-ring (bicyclic) bond motifs is 2. The first-order valence-corrected chi connectivity index (χ1v) is 3.67. The van der Waals surface area contributed by atoms with Crippen molar-refractivity contribution in [2.75, 3.05) is 0 Å². The van der Waals surface area contributed by atoms with E-state index in [1.54, 1.807) is 0 Å². The molecule has 0 amide bonds. The maximum Gasteiger partial charge on any atom is 0.0617 e. The van der Waals surface area contributed by atoms with Crippen LogP contribution >= 0.6 is 0 Å². The Bertz CT molecular complexity index is 126. The smallest absolute Gasteiger partial charge is 0.0617 e. The van der Waals surface area contributed by atoms with E-state index < -0.39 is 0 Å². The highest BCUT2D eigenvalue weighted by Gasteiger charge is 2.30. The molecule has 2 atom stereocenters. The molecule has 0 aliphatic carbocycles. The summed E-state index contributed by atoms with van der Waals surface area (Å²) in [5, 5.41) is 0.